The highest BCUT2D eigenvalue weighted by Gasteiger charge is 2.31. The van der Waals surface area contributed by atoms with Gasteiger partial charge in [-0.05, 0) is 49.7 Å². The molecule has 1 amide bonds. The van der Waals surface area contributed by atoms with Gasteiger partial charge >= 0.3 is 0 Å². The topological polar surface area (TPSA) is 90.4 Å². The van der Waals surface area contributed by atoms with E-state index in [1.54, 1.807) is 31.4 Å². The van der Waals surface area contributed by atoms with Gasteiger partial charge in [-0.3, -0.25) is 9.69 Å². The van der Waals surface area contributed by atoms with E-state index < -0.39 is 6.10 Å². The molecule has 0 radical (unpaired) electrons. The SMILES string of the molecule is COc1cc(N2COc3cc(OCC4CCC4)ncc3C2=O)ccc1OC[C@H](O)C1CC1. The Hall–Kier alpha value is -3.00. The number of fused-ring (bicyclic) bond motifs is 1. The van der Waals surface area contributed by atoms with E-state index in [1.807, 2.05) is 0 Å². The van der Waals surface area contributed by atoms with E-state index in [1.165, 1.54) is 30.4 Å². The summed E-state index contributed by atoms with van der Waals surface area (Å²) < 4.78 is 22.8. The summed E-state index contributed by atoms with van der Waals surface area (Å²) in [6, 6.07) is 6.93. The van der Waals surface area contributed by atoms with Crippen LogP contribution < -0.4 is 23.8 Å². The summed E-state index contributed by atoms with van der Waals surface area (Å²) in [5.74, 6) is 2.70. The molecule has 1 aromatic carbocycles. The molecule has 2 saturated carbocycles. The molecule has 5 rings (SSSR count). The minimum absolute atomic E-state index is 0.0711. The van der Waals surface area contributed by atoms with Crippen molar-refractivity contribution in [3.8, 4) is 23.1 Å². The van der Waals surface area contributed by atoms with Gasteiger partial charge in [0.15, 0.2) is 18.2 Å². The third kappa shape index (κ3) is 4.32. The maximum atomic E-state index is 13.1. The number of ether oxygens (including phenoxy) is 4. The number of amides is 1. The molecule has 170 valence electrons. The van der Waals surface area contributed by atoms with Crippen molar-refractivity contribution in [2.24, 2.45) is 11.8 Å². The van der Waals surface area contributed by atoms with Crippen LogP contribution in [0.3, 0.4) is 0 Å². The first-order valence-electron chi connectivity index (χ1n) is 11.2. The normalized spacial score (nSPS) is 18.9. The first-order valence-corrected chi connectivity index (χ1v) is 11.2. The van der Waals surface area contributed by atoms with Crippen LogP contribution in [0, 0.1) is 11.8 Å². The molecule has 3 aliphatic rings. The zero-order valence-corrected chi connectivity index (χ0v) is 18.2. The molecule has 32 heavy (non-hydrogen) atoms. The summed E-state index contributed by atoms with van der Waals surface area (Å²) in [6.45, 7) is 0.940. The van der Waals surface area contributed by atoms with Crippen LogP contribution in [-0.2, 0) is 0 Å². The fraction of sp³-hybridized carbons (Fsp3) is 0.500. The molecule has 1 N–H and O–H groups in total. The maximum absolute atomic E-state index is 13.1. The molecule has 2 aromatic rings. The Bertz CT molecular complexity index is 988. The smallest absolute Gasteiger partial charge is 0.266 e. The quantitative estimate of drug-likeness (QED) is 0.639. The van der Waals surface area contributed by atoms with E-state index in [-0.39, 0.29) is 19.2 Å². The van der Waals surface area contributed by atoms with Crippen molar-refractivity contribution < 1.29 is 28.8 Å². The number of pyridine rings is 1. The predicted octanol–water partition coefficient (Wildman–Crippen LogP) is 3.42. The van der Waals surface area contributed by atoms with Crippen LogP contribution >= 0.6 is 0 Å². The summed E-state index contributed by atoms with van der Waals surface area (Å²) in [6.07, 6.45) is 6.78. The molecule has 0 bridgehead atoms. The summed E-state index contributed by atoms with van der Waals surface area (Å²) in [4.78, 5) is 18.9. The number of rotatable bonds is 9. The number of benzene rings is 1. The molecular formula is C24H28N2O6. The van der Waals surface area contributed by atoms with Gasteiger partial charge in [-0.1, -0.05) is 6.42 Å². The molecule has 0 saturated heterocycles. The summed E-state index contributed by atoms with van der Waals surface area (Å²) in [5.41, 5.74) is 1.01. The predicted molar refractivity (Wildman–Crippen MR) is 117 cm³/mol. The number of carbonyl (C=O) groups excluding carboxylic acids is 1. The lowest BCUT2D eigenvalue weighted by Gasteiger charge is -2.29. The van der Waals surface area contributed by atoms with Crippen molar-refractivity contribution in [2.75, 3.05) is 32.0 Å². The molecule has 0 unspecified atom stereocenters. The van der Waals surface area contributed by atoms with Gasteiger partial charge in [0.25, 0.3) is 5.91 Å². The van der Waals surface area contributed by atoms with Crippen LogP contribution in [0.1, 0.15) is 42.5 Å². The van der Waals surface area contributed by atoms with E-state index >= 15 is 0 Å². The van der Waals surface area contributed by atoms with Crippen molar-refractivity contribution in [2.45, 2.75) is 38.2 Å². The summed E-state index contributed by atoms with van der Waals surface area (Å²) >= 11 is 0. The highest BCUT2D eigenvalue weighted by atomic mass is 16.5. The highest BCUT2D eigenvalue weighted by Crippen LogP contribution is 2.37. The van der Waals surface area contributed by atoms with Crippen LogP contribution in [0.2, 0.25) is 0 Å². The van der Waals surface area contributed by atoms with Crippen LogP contribution in [0.25, 0.3) is 0 Å². The number of aliphatic hydroxyl groups excluding tert-OH is 1. The van der Waals surface area contributed by atoms with E-state index in [2.05, 4.69) is 4.98 Å². The van der Waals surface area contributed by atoms with Gasteiger partial charge < -0.3 is 24.1 Å². The van der Waals surface area contributed by atoms with E-state index in [9.17, 15) is 9.90 Å². The number of anilines is 1. The molecule has 0 spiro atoms. The second-order valence-corrected chi connectivity index (χ2v) is 8.68. The lowest BCUT2D eigenvalue weighted by atomic mass is 9.86. The number of carbonyl (C=O) groups is 1. The second-order valence-electron chi connectivity index (χ2n) is 8.68. The molecule has 1 atom stereocenters. The number of aromatic nitrogens is 1. The van der Waals surface area contributed by atoms with Gasteiger partial charge in [-0.25, -0.2) is 4.98 Å². The standard InChI is InChI=1S/C24H28N2O6/c1-29-22-9-17(7-8-20(22)30-13-19(27)16-5-6-16)26-14-32-21-10-23(25-11-18(21)24(26)28)31-12-15-3-2-4-15/h7-11,15-16,19,27H,2-6,12-14H2,1H3/t19-/m0/s1. The van der Waals surface area contributed by atoms with Gasteiger partial charge in [0, 0.05) is 18.3 Å². The van der Waals surface area contributed by atoms with Crippen molar-refractivity contribution in [1.82, 2.24) is 4.98 Å². The zero-order chi connectivity index (χ0) is 22.1. The van der Waals surface area contributed by atoms with Crippen LogP contribution in [0.4, 0.5) is 5.69 Å². The van der Waals surface area contributed by atoms with Crippen LogP contribution in [-0.4, -0.2) is 49.2 Å². The minimum Gasteiger partial charge on any atom is -0.493 e. The molecule has 8 nitrogen and oxygen atoms in total. The largest absolute Gasteiger partial charge is 0.493 e. The Morgan fingerprint density at radius 3 is 2.75 bits per heavy atom. The number of nitrogens with zero attached hydrogens (tertiary/aromatic N) is 2. The van der Waals surface area contributed by atoms with Gasteiger partial charge in [-0.15, -0.1) is 0 Å². The van der Waals surface area contributed by atoms with Crippen LogP contribution in [0.15, 0.2) is 30.5 Å². The van der Waals surface area contributed by atoms with Gasteiger partial charge in [0.2, 0.25) is 5.88 Å². The molecule has 2 fully saturated rings. The number of hydrogen-bond acceptors (Lipinski definition) is 7. The summed E-state index contributed by atoms with van der Waals surface area (Å²) in [5, 5.41) is 10.0. The molecule has 1 aliphatic heterocycles. The van der Waals surface area contributed by atoms with Gasteiger partial charge in [0.05, 0.1) is 25.5 Å². The van der Waals surface area contributed by atoms with Gasteiger partial charge in [-0.2, -0.15) is 0 Å². The lowest BCUT2D eigenvalue weighted by molar-refractivity contribution is 0.0879. The Morgan fingerprint density at radius 1 is 1.19 bits per heavy atom. The zero-order valence-electron chi connectivity index (χ0n) is 18.2. The third-order valence-corrected chi connectivity index (χ3v) is 6.39. The summed E-state index contributed by atoms with van der Waals surface area (Å²) in [7, 11) is 1.54. The van der Waals surface area contributed by atoms with E-state index in [4.69, 9.17) is 18.9 Å². The lowest BCUT2D eigenvalue weighted by Crippen LogP contribution is -2.38. The first-order chi connectivity index (χ1) is 15.6. The maximum Gasteiger partial charge on any atom is 0.266 e. The van der Waals surface area contributed by atoms with Crippen molar-refractivity contribution in [3.05, 3.63) is 36.0 Å². The first kappa shape index (κ1) is 20.9. The average Bonchev–Trinajstić information content (AvgIpc) is 3.62. The van der Waals surface area contributed by atoms with Crippen LogP contribution in [0.5, 0.6) is 23.1 Å². The minimum atomic E-state index is -0.469. The van der Waals surface area contributed by atoms with E-state index in [0.29, 0.717) is 52.8 Å². The fourth-order valence-electron chi connectivity index (χ4n) is 3.91. The molecule has 8 heteroatoms. The Kier molecular flexibility index (Phi) is 5.78. The Labute approximate surface area is 187 Å². The third-order valence-electron chi connectivity index (χ3n) is 6.39. The fourth-order valence-corrected chi connectivity index (χ4v) is 3.91. The Morgan fingerprint density at radius 2 is 2.03 bits per heavy atom. The molecule has 2 heterocycles. The number of hydrogen-bond donors (Lipinski definition) is 1. The second kappa shape index (κ2) is 8.86. The number of methoxy groups -OCH3 is 1. The monoisotopic (exact) mass is 440 g/mol. The van der Waals surface area contributed by atoms with E-state index in [0.717, 1.165) is 12.8 Å². The number of aliphatic hydroxyl groups is 1. The van der Waals surface area contributed by atoms with Crippen molar-refractivity contribution in [3.63, 3.8) is 0 Å². The van der Waals surface area contributed by atoms with Crippen molar-refractivity contribution >= 4 is 11.6 Å². The highest BCUT2D eigenvalue weighted by molar-refractivity contribution is 6.08. The molecule has 1 aromatic heterocycles. The molecular weight excluding hydrogens is 412 g/mol. The average molecular weight is 440 g/mol. The van der Waals surface area contributed by atoms with Gasteiger partial charge in [0.1, 0.15) is 17.9 Å². The molecule has 2 aliphatic carbocycles. The van der Waals surface area contributed by atoms with Crippen molar-refractivity contribution in [1.29, 1.82) is 0 Å². The Balaban J connectivity index is 1.27.